The van der Waals surface area contributed by atoms with Gasteiger partial charge in [0.05, 0.1) is 18.8 Å². The van der Waals surface area contributed by atoms with Gasteiger partial charge in [0.2, 0.25) is 5.91 Å². The molecule has 0 saturated carbocycles. The number of hydrogen-bond donors (Lipinski definition) is 3. The zero-order valence-corrected chi connectivity index (χ0v) is 34.6. The molecule has 0 aromatic carbocycles. The predicted octanol–water partition coefficient (Wildman–Crippen LogP) is 14.1. The van der Waals surface area contributed by atoms with Gasteiger partial charge in [-0.05, 0) is 77.0 Å². The van der Waals surface area contributed by atoms with Gasteiger partial charge in [0.1, 0.15) is 0 Å². The van der Waals surface area contributed by atoms with Crippen LogP contribution >= 0.6 is 0 Å². The summed E-state index contributed by atoms with van der Waals surface area (Å²) in [6.07, 6.45) is 60.5. The SMILES string of the molecule is CCCCC/C=C/CC/C=C/CC/C=C/C(O)C(CO)NC(=O)CCCCCCCCCCCCC/C=C\C/C=C\CCCCCCCCCCC. The second-order valence-electron chi connectivity index (χ2n) is 15.1. The van der Waals surface area contributed by atoms with Gasteiger partial charge in [0.15, 0.2) is 0 Å². The third-order valence-corrected chi connectivity index (χ3v) is 9.95. The molecule has 0 bridgehead atoms. The zero-order chi connectivity index (χ0) is 37.8. The van der Waals surface area contributed by atoms with Crippen LogP contribution in [0.5, 0.6) is 0 Å². The molecule has 4 nitrogen and oxygen atoms in total. The lowest BCUT2D eigenvalue weighted by molar-refractivity contribution is -0.123. The summed E-state index contributed by atoms with van der Waals surface area (Å²) in [6.45, 7) is 4.25. The van der Waals surface area contributed by atoms with Gasteiger partial charge in [-0.25, -0.2) is 0 Å². The van der Waals surface area contributed by atoms with Crippen LogP contribution in [0.15, 0.2) is 60.8 Å². The molecule has 0 fully saturated rings. The van der Waals surface area contributed by atoms with Crippen LogP contribution in [-0.2, 0) is 4.79 Å². The lowest BCUT2D eigenvalue weighted by Gasteiger charge is -2.19. The first-order chi connectivity index (χ1) is 25.7. The molecule has 2 unspecified atom stereocenters. The van der Waals surface area contributed by atoms with Gasteiger partial charge in [0.25, 0.3) is 0 Å². The fraction of sp³-hybridized carbons (Fsp3) is 0.771. The first-order valence-corrected chi connectivity index (χ1v) is 22.5. The molecule has 0 aliphatic heterocycles. The van der Waals surface area contributed by atoms with Gasteiger partial charge in [0, 0.05) is 6.42 Å². The van der Waals surface area contributed by atoms with E-state index in [9.17, 15) is 15.0 Å². The Morgan fingerprint density at radius 2 is 0.808 bits per heavy atom. The van der Waals surface area contributed by atoms with Crippen LogP contribution in [-0.4, -0.2) is 34.9 Å². The average molecular weight is 726 g/mol. The normalized spacial score (nSPS) is 13.5. The summed E-state index contributed by atoms with van der Waals surface area (Å²) in [4.78, 5) is 12.4. The van der Waals surface area contributed by atoms with E-state index in [-0.39, 0.29) is 12.5 Å². The lowest BCUT2D eigenvalue weighted by Crippen LogP contribution is -2.45. The fourth-order valence-electron chi connectivity index (χ4n) is 6.47. The first-order valence-electron chi connectivity index (χ1n) is 22.5. The van der Waals surface area contributed by atoms with E-state index >= 15 is 0 Å². The molecule has 0 aromatic rings. The summed E-state index contributed by atoms with van der Waals surface area (Å²) in [5.41, 5.74) is 0. The minimum absolute atomic E-state index is 0.0826. The second-order valence-corrected chi connectivity index (χ2v) is 15.1. The maximum Gasteiger partial charge on any atom is 0.220 e. The van der Waals surface area contributed by atoms with Crippen LogP contribution in [0.3, 0.4) is 0 Å². The number of carbonyl (C=O) groups is 1. The Bertz CT molecular complexity index is 873. The molecule has 0 aliphatic carbocycles. The predicted molar refractivity (Wildman–Crippen MR) is 230 cm³/mol. The Morgan fingerprint density at radius 1 is 0.462 bits per heavy atom. The summed E-state index contributed by atoms with van der Waals surface area (Å²) in [5, 5.41) is 22.9. The Hall–Kier alpha value is -1.91. The number of aliphatic hydroxyl groups excluding tert-OH is 2. The summed E-state index contributed by atoms with van der Waals surface area (Å²) in [6, 6.07) is -0.647. The van der Waals surface area contributed by atoms with Gasteiger partial charge in [-0.3, -0.25) is 4.79 Å². The van der Waals surface area contributed by atoms with Crippen LogP contribution in [0, 0.1) is 0 Å². The molecule has 0 heterocycles. The molecule has 4 heteroatoms. The van der Waals surface area contributed by atoms with Crippen LogP contribution < -0.4 is 5.32 Å². The molecule has 52 heavy (non-hydrogen) atoms. The van der Waals surface area contributed by atoms with Crippen molar-refractivity contribution in [3.8, 4) is 0 Å². The monoisotopic (exact) mass is 726 g/mol. The molecule has 1 amide bonds. The van der Waals surface area contributed by atoms with Crippen molar-refractivity contribution in [2.45, 2.75) is 231 Å². The molecule has 0 saturated heterocycles. The quantitative estimate of drug-likeness (QED) is 0.0435. The van der Waals surface area contributed by atoms with Crippen molar-refractivity contribution in [3.05, 3.63) is 60.8 Å². The number of amides is 1. The Labute approximate surface area is 324 Å². The van der Waals surface area contributed by atoms with Crippen LogP contribution in [0.2, 0.25) is 0 Å². The fourth-order valence-corrected chi connectivity index (χ4v) is 6.47. The van der Waals surface area contributed by atoms with Crippen LogP contribution in [0.1, 0.15) is 219 Å². The number of hydrogen-bond acceptors (Lipinski definition) is 3. The maximum absolute atomic E-state index is 12.4. The summed E-state index contributed by atoms with van der Waals surface area (Å²) < 4.78 is 0. The summed E-state index contributed by atoms with van der Waals surface area (Å²) >= 11 is 0. The second kappa shape index (κ2) is 43.5. The third-order valence-electron chi connectivity index (χ3n) is 9.95. The third kappa shape index (κ3) is 39.3. The molecule has 0 spiro atoms. The van der Waals surface area contributed by atoms with Crippen molar-refractivity contribution < 1.29 is 15.0 Å². The average Bonchev–Trinajstić information content (AvgIpc) is 3.15. The van der Waals surface area contributed by atoms with Crippen LogP contribution in [0.4, 0.5) is 0 Å². The standard InChI is InChI=1S/C48H87NO3/c1-3-5-7-9-11-13-15-17-18-19-20-21-22-23-24-25-26-27-28-29-30-32-34-36-38-40-42-44-48(52)49-46(45-50)47(51)43-41-39-37-35-33-31-16-14-12-10-8-6-4-2/h12,14,20-21,23-24,33,35,41,43,46-47,50-51H,3-11,13,15-19,22,25-32,34,36-40,42,44-45H2,1-2H3,(H,49,52)/b14-12+,21-20-,24-23-,35-33+,43-41+. The van der Waals surface area contributed by atoms with Gasteiger partial charge >= 0.3 is 0 Å². The van der Waals surface area contributed by atoms with E-state index in [1.54, 1.807) is 6.08 Å². The van der Waals surface area contributed by atoms with E-state index in [1.165, 1.54) is 154 Å². The molecule has 0 radical (unpaired) electrons. The van der Waals surface area contributed by atoms with Gasteiger partial charge in [-0.2, -0.15) is 0 Å². The lowest BCUT2D eigenvalue weighted by atomic mass is 10.0. The van der Waals surface area contributed by atoms with E-state index in [0.717, 1.165) is 44.9 Å². The van der Waals surface area contributed by atoms with Crippen molar-refractivity contribution in [1.29, 1.82) is 0 Å². The van der Waals surface area contributed by atoms with Crippen molar-refractivity contribution in [1.82, 2.24) is 5.32 Å². The maximum atomic E-state index is 12.4. The summed E-state index contributed by atoms with van der Waals surface area (Å²) in [5.74, 6) is -0.0826. The molecule has 3 N–H and O–H groups in total. The van der Waals surface area contributed by atoms with Crippen LogP contribution in [0.25, 0.3) is 0 Å². The van der Waals surface area contributed by atoms with Crippen molar-refractivity contribution in [2.75, 3.05) is 6.61 Å². The van der Waals surface area contributed by atoms with E-state index in [1.807, 2.05) is 6.08 Å². The number of nitrogens with one attached hydrogen (secondary N) is 1. The Balaban J connectivity index is 3.57. The highest BCUT2D eigenvalue weighted by molar-refractivity contribution is 5.76. The van der Waals surface area contributed by atoms with Crippen molar-refractivity contribution >= 4 is 5.91 Å². The molecule has 0 aromatic heterocycles. The number of rotatable bonds is 40. The van der Waals surface area contributed by atoms with Crippen molar-refractivity contribution in [3.63, 3.8) is 0 Å². The number of unbranched alkanes of at least 4 members (excludes halogenated alkanes) is 25. The van der Waals surface area contributed by atoms with Gasteiger partial charge < -0.3 is 15.5 Å². The first kappa shape index (κ1) is 50.1. The highest BCUT2D eigenvalue weighted by atomic mass is 16.3. The molecular formula is C48H87NO3. The number of carbonyl (C=O) groups excluding carboxylic acids is 1. The molecule has 2 atom stereocenters. The highest BCUT2D eigenvalue weighted by Gasteiger charge is 2.17. The van der Waals surface area contributed by atoms with E-state index in [0.29, 0.717) is 6.42 Å². The zero-order valence-electron chi connectivity index (χ0n) is 34.6. The number of allylic oxidation sites excluding steroid dienone is 9. The molecule has 0 aliphatic rings. The highest BCUT2D eigenvalue weighted by Crippen LogP contribution is 2.14. The summed E-state index contributed by atoms with van der Waals surface area (Å²) in [7, 11) is 0. The Kier molecular flexibility index (Phi) is 41.9. The largest absolute Gasteiger partial charge is 0.394 e. The smallest absolute Gasteiger partial charge is 0.220 e. The molecule has 302 valence electrons. The van der Waals surface area contributed by atoms with E-state index in [2.05, 4.69) is 67.8 Å². The van der Waals surface area contributed by atoms with E-state index in [4.69, 9.17) is 0 Å². The Morgan fingerprint density at radius 3 is 1.27 bits per heavy atom. The van der Waals surface area contributed by atoms with E-state index < -0.39 is 12.1 Å². The minimum Gasteiger partial charge on any atom is -0.394 e. The molecule has 0 rings (SSSR count). The topological polar surface area (TPSA) is 69.6 Å². The van der Waals surface area contributed by atoms with Gasteiger partial charge in [-0.1, -0.05) is 197 Å². The van der Waals surface area contributed by atoms with Gasteiger partial charge in [-0.15, -0.1) is 0 Å². The molecular weight excluding hydrogens is 639 g/mol. The number of aliphatic hydroxyl groups is 2. The van der Waals surface area contributed by atoms with Crippen molar-refractivity contribution in [2.24, 2.45) is 0 Å². The minimum atomic E-state index is -0.871.